The zero-order valence-corrected chi connectivity index (χ0v) is 9.28. The molecular formula is C9H13ClN3O3+. The van der Waals surface area contributed by atoms with Gasteiger partial charge in [-0.15, -0.1) is 0 Å². The number of hydrogen-bond donors (Lipinski definition) is 3. The van der Waals surface area contributed by atoms with Crippen LogP contribution in [0.25, 0.3) is 0 Å². The summed E-state index contributed by atoms with van der Waals surface area (Å²) in [6.07, 6.45) is -0.564. The van der Waals surface area contributed by atoms with E-state index in [1.165, 1.54) is 18.2 Å². The number of halogens is 1. The van der Waals surface area contributed by atoms with E-state index in [9.17, 15) is 15.2 Å². The van der Waals surface area contributed by atoms with E-state index in [1.54, 1.807) is 0 Å². The zero-order chi connectivity index (χ0) is 12.1. The van der Waals surface area contributed by atoms with Crippen LogP contribution in [-0.4, -0.2) is 29.2 Å². The largest absolute Gasteiger partial charge is 0.385 e. The van der Waals surface area contributed by atoms with E-state index in [2.05, 4.69) is 11.1 Å². The maximum atomic E-state index is 10.5. The molecular weight excluding hydrogens is 234 g/mol. The second kappa shape index (κ2) is 5.64. The minimum Gasteiger partial charge on any atom is -0.385 e. The van der Waals surface area contributed by atoms with Gasteiger partial charge in [0.1, 0.15) is 12.6 Å². The van der Waals surface area contributed by atoms with Crippen molar-refractivity contribution in [2.45, 2.75) is 6.10 Å². The number of quaternary nitrogens is 1. The minimum absolute atomic E-state index is 0.0618. The lowest BCUT2D eigenvalue weighted by Crippen LogP contribution is -2.57. The van der Waals surface area contributed by atoms with Crippen molar-refractivity contribution in [3.05, 3.63) is 33.3 Å². The number of benzene rings is 1. The molecule has 88 valence electrons. The number of nitro groups is 1. The number of hydrogen-bond acceptors (Lipinski definition) is 4. The van der Waals surface area contributed by atoms with Gasteiger partial charge in [-0.05, 0) is 6.07 Å². The normalized spacial score (nSPS) is 12.2. The van der Waals surface area contributed by atoms with Gasteiger partial charge in [-0.2, -0.15) is 0 Å². The van der Waals surface area contributed by atoms with Gasteiger partial charge in [0.2, 0.25) is 0 Å². The van der Waals surface area contributed by atoms with Crippen LogP contribution in [0.4, 0.5) is 11.4 Å². The van der Waals surface area contributed by atoms with Crippen molar-refractivity contribution < 1.29 is 15.8 Å². The first kappa shape index (κ1) is 12.7. The molecule has 0 saturated carbocycles. The van der Waals surface area contributed by atoms with Crippen molar-refractivity contribution in [3.63, 3.8) is 0 Å². The molecule has 0 radical (unpaired) electrons. The molecule has 0 spiro atoms. The summed E-state index contributed by atoms with van der Waals surface area (Å²) in [7, 11) is 0. The van der Waals surface area contributed by atoms with Crippen molar-refractivity contribution in [2.24, 2.45) is 0 Å². The first-order valence-electron chi connectivity index (χ1n) is 4.69. The molecule has 0 aliphatic heterocycles. The number of nitrogens with zero attached hydrogens (tertiary/aromatic N) is 1. The Hall–Kier alpha value is -1.37. The molecule has 1 rings (SSSR count). The summed E-state index contributed by atoms with van der Waals surface area (Å²) in [5.41, 5.74) is 4.04. The van der Waals surface area contributed by atoms with Crippen molar-refractivity contribution in [3.8, 4) is 0 Å². The average molecular weight is 247 g/mol. The topological polar surface area (TPSA) is 103 Å². The molecule has 16 heavy (non-hydrogen) atoms. The molecule has 0 saturated heterocycles. The SMILES string of the molecule is [NH3+]C[C@H](O)CNc1ccc([N+](=O)[O-])cc1Cl. The van der Waals surface area contributed by atoms with E-state index in [1.807, 2.05) is 0 Å². The summed E-state index contributed by atoms with van der Waals surface area (Å²) in [6, 6.07) is 4.13. The zero-order valence-electron chi connectivity index (χ0n) is 8.52. The molecule has 0 unspecified atom stereocenters. The highest BCUT2D eigenvalue weighted by Crippen LogP contribution is 2.26. The molecule has 0 aliphatic rings. The summed E-state index contributed by atoms with van der Waals surface area (Å²) in [5, 5.41) is 22.9. The summed E-state index contributed by atoms with van der Waals surface area (Å²) >= 11 is 5.84. The number of aliphatic hydroxyl groups excluding tert-OH is 1. The number of anilines is 1. The third-order valence-corrected chi connectivity index (χ3v) is 2.34. The molecule has 1 aromatic rings. The Labute approximate surface area is 97.2 Å². The van der Waals surface area contributed by atoms with Crippen LogP contribution in [0.1, 0.15) is 0 Å². The number of non-ortho nitro benzene ring substituents is 1. The molecule has 0 bridgehead atoms. The van der Waals surface area contributed by atoms with Gasteiger partial charge in [0.15, 0.2) is 0 Å². The molecule has 0 heterocycles. The Balaban J connectivity index is 2.72. The van der Waals surface area contributed by atoms with Crippen LogP contribution >= 0.6 is 11.6 Å². The van der Waals surface area contributed by atoms with Crippen LogP contribution < -0.4 is 11.1 Å². The molecule has 0 amide bonds. The van der Waals surface area contributed by atoms with Gasteiger partial charge < -0.3 is 16.2 Å². The minimum atomic E-state index is -0.564. The van der Waals surface area contributed by atoms with Crippen LogP contribution in [0.3, 0.4) is 0 Å². The molecule has 0 aliphatic carbocycles. The Morgan fingerprint density at radius 2 is 2.31 bits per heavy atom. The van der Waals surface area contributed by atoms with Gasteiger partial charge in [0.05, 0.1) is 15.6 Å². The summed E-state index contributed by atoms with van der Waals surface area (Å²) in [4.78, 5) is 9.94. The molecule has 1 aromatic carbocycles. The van der Waals surface area contributed by atoms with Gasteiger partial charge in [-0.1, -0.05) is 11.6 Å². The smallest absolute Gasteiger partial charge is 0.271 e. The van der Waals surface area contributed by atoms with E-state index in [0.29, 0.717) is 18.8 Å². The van der Waals surface area contributed by atoms with Gasteiger partial charge in [0, 0.05) is 18.7 Å². The van der Waals surface area contributed by atoms with Crippen LogP contribution in [0.15, 0.2) is 18.2 Å². The van der Waals surface area contributed by atoms with Crippen molar-refractivity contribution >= 4 is 23.0 Å². The van der Waals surface area contributed by atoms with Crippen LogP contribution in [0.2, 0.25) is 5.02 Å². The molecule has 6 nitrogen and oxygen atoms in total. The number of nitrogens with one attached hydrogen (secondary N) is 1. The quantitative estimate of drug-likeness (QED) is 0.512. The third-order valence-electron chi connectivity index (χ3n) is 2.02. The third kappa shape index (κ3) is 3.34. The van der Waals surface area contributed by atoms with Crippen molar-refractivity contribution in [2.75, 3.05) is 18.4 Å². The van der Waals surface area contributed by atoms with Crippen LogP contribution in [-0.2, 0) is 0 Å². The van der Waals surface area contributed by atoms with Gasteiger partial charge in [-0.3, -0.25) is 10.1 Å². The predicted octanol–water partition coefficient (Wildman–Crippen LogP) is 0.263. The fourth-order valence-corrected chi connectivity index (χ4v) is 1.33. The Kier molecular flexibility index (Phi) is 4.48. The Morgan fingerprint density at radius 3 is 2.81 bits per heavy atom. The lowest BCUT2D eigenvalue weighted by atomic mass is 10.2. The lowest BCUT2D eigenvalue weighted by Gasteiger charge is -2.10. The number of rotatable bonds is 5. The van der Waals surface area contributed by atoms with E-state index >= 15 is 0 Å². The molecule has 0 fully saturated rings. The van der Waals surface area contributed by atoms with Crippen LogP contribution in [0.5, 0.6) is 0 Å². The monoisotopic (exact) mass is 246 g/mol. The van der Waals surface area contributed by atoms with Crippen molar-refractivity contribution in [1.29, 1.82) is 0 Å². The van der Waals surface area contributed by atoms with E-state index in [-0.39, 0.29) is 10.7 Å². The number of aliphatic hydroxyl groups is 1. The predicted molar refractivity (Wildman–Crippen MR) is 60.4 cm³/mol. The first-order valence-corrected chi connectivity index (χ1v) is 5.07. The van der Waals surface area contributed by atoms with E-state index in [4.69, 9.17) is 11.6 Å². The highest BCUT2D eigenvalue weighted by atomic mass is 35.5. The molecule has 0 aromatic heterocycles. The standard InChI is InChI=1S/C9H12ClN3O3/c10-8-3-6(13(15)16)1-2-9(8)12-5-7(14)4-11/h1-3,7,12,14H,4-5,11H2/p+1/t7-/m0/s1. The maximum Gasteiger partial charge on any atom is 0.271 e. The second-order valence-corrected chi connectivity index (χ2v) is 3.65. The number of nitro benzene ring substituents is 1. The van der Waals surface area contributed by atoms with Crippen molar-refractivity contribution in [1.82, 2.24) is 0 Å². The van der Waals surface area contributed by atoms with Gasteiger partial charge in [0.25, 0.3) is 5.69 Å². The molecule has 7 heteroatoms. The maximum absolute atomic E-state index is 10.5. The fraction of sp³-hybridized carbons (Fsp3) is 0.333. The Bertz CT molecular complexity index is 386. The fourth-order valence-electron chi connectivity index (χ4n) is 1.09. The average Bonchev–Trinajstić information content (AvgIpc) is 2.26. The molecule has 1 atom stereocenters. The lowest BCUT2D eigenvalue weighted by molar-refractivity contribution is -0.384. The van der Waals surface area contributed by atoms with Gasteiger partial charge >= 0.3 is 0 Å². The highest BCUT2D eigenvalue weighted by molar-refractivity contribution is 6.33. The van der Waals surface area contributed by atoms with Crippen LogP contribution in [0, 0.1) is 10.1 Å². The summed E-state index contributed by atoms with van der Waals surface area (Å²) in [6.45, 7) is 0.693. The van der Waals surface area contributed by atoms with E-state index in [0.717, 1.165) is 0 Å². The Morgan fingerprint density at radius 1 is 1.62 bits per heavy atom. The summed E-state index contributed by atoms with van der Waals surface area (Å²) < 4.78 is 0. The molecule has 5 N–H and O–H groups in total. The highest BCUT2D eigenvalue weighted by Gasteiger charge is 2.10. The van der Waals surface area contributed by atoms with E-state index < -0.39 is 11.0 Å². The summed E-state index contributed by atoms with van der Waals surface area (Å²) in [5.74, 6) is 0. The first-order chi connectivity index (χ1) is 7.54. The van der Waals surface area contributed by atoms with Gasteiger partial charge in [-0.25, -0.2) is 0 Å². The second-order valence-electron chi connectivity index (χ2n) is 3.24.